The van der Waals surface area contributed by atoms with Crippen molar-refractivity contribution in [3.05, 3.63) is 0 Å². The molecule has 0 heterocycles. The molecule has 0 aromatic heterocycles. The molecule has 1 aliphatic rings. The van der Waals surface area contributed by atoms with Crippen molar-refractivity contribution in [3.8, 4) is 0 Å². The predicted octanol–water partition coefficient (Wildman–Crippen LogP) is 3.96. The van der Waals surface area contributed by atoms with Gasteiger partial charge in [-0.3, -0.25) is 4.99 Å². The first-order valence-corrected chi connectivity index (χ1v) is 7.10. The smallest absolute Gasteiger partial charge is 0.370 e. The molecule has 0 atom stereocenters. The van der Waals surface area contributed by atoms with Crippen molar-refractivity contribution >= 4 is 29.9 Å². The summed E-state index contributed by atoms with van der Waals surface area (Å²) in [6, 6.07) is 0.376. The van der Waals surface area contributed by atoms with Gasteiger partial charge in [-0.1, -0.05) is 25.7 Å². The number of alkyl halides is 3. The van der Waals surface area contributed by atoms with Gasteiger partial charge in [-0.2, -0.15) is 13.2 Å². The lowest BCUT2D eigenvalue weighted by Crippen LogP contribution is -2.39. The van der Waals surface area contributed by atoms with Crippen molar-refractivity contribution in [2.75, 3.05) is 6.54 Å². The Hall–Kier alpha value is -0.210. The zero-order valence-electron chi connectivity index (χ0n) is 11.7. The van der Waals surface area contributed by atoms with E-state index in [0.717, 1.165) is 12.8 Å². The Labute approximate surface area is 136 Å². The van der Waals surface area contributed by atoms with Gasteiger partial charge in [-0.25, -0.2) is 0 Å². The van der Waals surface area contributed by atoms with E-state index in [2.05, 4.69) is 10.3 Å². The predicted molar refractivity (Wildman–Crippen MR) is 86.4 cm³/mol. The number of nitrogens with two attached hydrogens (primary N) is 1. The van der Waals surface area contributed by atoms with E-state index in [9.17, 15) is 13.2 Å². The van der Waals surface area contributed by atoms with Crippen LogP contribution in [0.1, 0.15) is 57.8 Å². The van der Waals surface area contributed by atoms with Crippen molar-refractivity contribution < 1.29 is 13.2 Å². The van der Waals surface area contributed by atoms with Crippen LogP contribution in [0.25, 0.3) is 0 Å². The molecule has 20 heavy (non-hydrogen) atoms. The summed E-state index contributed by atoms with van der Waals surface area (Å²) in [6.45, 7) is 0.363. The van der Waals surface area contributed by atoms with Crippen LogP contribution in [0.15, 0.2) is 4.99 Å². The fourth-order valence-corrected chi connectivity index (χ4v) is 2.32. The van der Waals surface area contributed by atoms with E-state index in [1.807, 2.05) is 0 Å². The molecule has 0 saturated heterocycles. The van der Waals surface area contributed by atoms with Gasteiger partial charge >= 0.3 is 6.18 Å². The number of rotatable bonds is 5. The topological polar surface area (TPSA) is 50.4 Å². The number of nitrogens with one attached hydrogen (secondary N) is 1. The van der Waals surface area contributed by atoms with Crippen LogP contribution in [-0.2, 0) is 0 Å². The van der Waals surface area contributed by atoms with E-state index in [0.29, 0.717) is 25.0 Å². The number of nitrogens with zero attached hydrogens (tertiary/aromatic N) is 1. The third-order valence-electron chi connectivity index (χ3n) is 3.36. The third-order valence-corrected chi connectivity index (χ3v) is 3.36. The van der Waals surface area contributed by atoms with Crippen LogP contribution in [0.5, 0.6) is 0 Å². The Morgan fingerprint density at radius 3 is 2.25 bits per heavy atom. The molecule has 0 bridgehead atoms. The molecule has 0 aromatic rings. The van der Waals surface area contributed by atoms with Crippen LogP contribution < -0.4 is 11.1 Å². The first-order chi connectivity index (χ1) is 8.97. The maximum absolute atomic E-state index is 11.9. The van der Waals surface area contributed by atoms with Crippen molar-refractivity contribution in [1.82, 2.24) is 5.32 Å². The quantitative estimate of drug-likeness (QED) is 0.238. The normalized spacial score (nSPS) is 18.2. The number of unbranched alkanes of at least 4 members (excludes halogenated alkanes) is 1. The summed E-state index contributed by atoms with van der Waals surface area (Å²) in [6.07, 6.45) is 2.89. The molecule has 0 aliphatic heterocycles. The highest BCUT2D eigenvalue weighted by Crippen LogP contribution is 2.22. The standard InChI is InChI=1S/C13H24F3N3.HI/c14-13(15,16)9-5-6-10-18-12(17)19-11-7-3-1-2-4-8-11;/h11H,1-10H2,(H3,17,18,19);1H. The maximum atomic E-state index is 11.9. The zero-order chi connectivity index (χ0) is 14.1. The molecular weight excluding hydrogens is 382 g/mol. The minimum atomic E-state index is -4.06. The average Bonchev–Trinajstić information content (AvgIpc) is 2.55. The molecule has 0 aromatic carbocycles. The Bertz CT molecular complexity index is 275. The fourth-order valence-electron chi connectivity index (χ4n) is 2.32. The molecule has 1 rings (SSSR count). The summed E-state index contributed by atoms with van der Waals surface area (Å²) in [5, 5.41) is 3.17. The second-order valence-electron chi connectivity index (χ2n) is 5.17. The SMILES string of the molecule is I.NC(=NCCCCC(F)(F)F)NC1CCCCCC1. The molecule has 1 fully saturated rings. The van der Waals surface area contributed by atoms with Crippen LogP contribution in [0.4, 0.5) is 13.2 Å². The Balaban J connectivity index is 0.00000361. The minimum Gasteiger partial charge on any atom is -0.370 e. The van der Waals surface area contributed by atoms with Gasteiger partial charge in [0.1, 0.15) is 0 Å². The van der Waals surface area contributed by atoms with Gasteiger partial charge < -0.3 is 11.1 Å². The number of aliphatic imine (C=N–C) groups is 1. The monoisotopic (exact) mass is 407 g/mol. The van der Waals surface area contributed by atoms with E-state index in [4.69, 9.17) is 5.73 Å². The van der Waals surface area contributed by atoms with Crippen molar-refractivity contribution in [1.29, 1.82) is 0 Å². The number of hydrogen-bond donors (Lipinski definition) is 2. The lowest BCUT2D eigenvalue weighted by molar-refractivity contribution is -0.135. The first-order valence-electron chi connectivity index (χ1n) is 7.10. The number of halogens is 4. The van der Waals surface area contributed by atoms with Gasteiger partial charge in [0, 0.05) is 19.0 Å². The second-order valence-corrected chi connectivity index (χ2v) is 5.17. The maximum Gasteiger partial charge on any atom is 0.389 e. The summed E-state index contributed by atoms with van der Waals surface area (Å²) in [5.74, 6) is 0.374. The summed E-state index contributed by atoms with van der Waals surface area (Å²) in [5.41, 5.74) is 5.74. The average molecular weight is 407 g/mol. The van der Waals surface area contributed by atoms with E-state index in [1.165, 1.54) is 25.7 Å². The van der Waals surface area contributed by atoms with Gasteiger partial charge in [0.15, 0.2) is 5.96 Å². The lowest BCUT2D eigenvalue weighted by Gasteiger charge is -2.16. The lowest BCUT2D eigenvalue weighted by atomic mass is 10.1. The summed E-state index contributed by atoms with van der Waals surface area (Å²) >= 11 is 0. The van der Waals surface area contributed by atoms with E-state index in [-0.39, 0.29) is 30.4 Å². The van der Waals surface area contributed by atoms with Crippen molar-refractivity contribution in [2.45, 2.75) is 70.0 Å². The van der Waals surface area contributed by atoms with Gasteiger partial charge in [0.05, 0.1) is 0 Å². The highest BCUT2D eigenvalue weighted by atomic mass is 127. The van der Waals surface area contributed by atoms with Crippen molar-refractivity contribution in [2.24, 2.45) is 10.7 Å². The molecule has 0 unspecified atom stereocenters. The molecule has 120 valence electrons. The first kappa shape index (κ1) is 19.8. The Morgan fingerprint density at radius 1 is 1.10 bits per heavy atom. The van der Waals surface area contributed by atoms with Crippen LogP contribution in [-0.4, -0.2) is 24.7 Å². The Morgan fingerprint density at radius 2 is 1.70 bits per heavy atom. The second kappa shape index (κ2) is 10.5. The molecule has 3 N–H and O–H groups in total. The van der Waals surface area contributed by atoms with Gasteiger partial charge in [0.25, 0.3) is 0 Å². The molecule has 0 spiro atoms. The molecule has 3 nitrogen and oxygen atoms in total. The number of hydrogen-bond acceptors (Lipinski definition) is 1. The molecule has 7 heteroatoms. The van der Waals surface area contributed by atoms with Crippen LogP contribution in [0, 0.1) is 0 Å². The van der Waals surface area contributed by atoms with E-state index in [1.54, 1.807) is 0 Å². The molecular formula is C13H25F3IN3. The summed E-state index contributed by atoms with van der Waals surface area (Å²) in [7, 11) is 0. The van der Waals surface area contributed by atoms with Gasteiger partial charge in [-0.15, -0.1) is 24.0 Å². The van der Waals surface area contributed by atoms with Crippen LogP contribution in [0.3, 0.4) is 0 Å². The third kappa shape index (κ3) is 10.6. The molecule has 0 amide bonds. The summed E-state index contributed by atoms with van der Waals surface area (Å²) < 4.78 is 35.7. The van der Waals surface area contributed by atoms with Crippen molar-refractivity contribution in [3.63, 3.8) is 0 Å². The van der Waals surface area contributed by atoms with Crippen LogP contribution in [0.2, 0.25) is 0 Å². The molecule has 0 radical (unpaired) electrons. The Kier molecular flexibility index (Phi) is 10.4. The van der Waals surface area contributed by atoms with Crippen LogP contribution >= 0.6 is 24.0 Å². The fraction of sp³-hybridized carbons (Fsp3) is 0.923. The highest BCUT2D eigenvalue weighted by molar-refractivity contribution is 14.0. The number of guanidine groups is 1. The van der Waals surface area contributed by atoms with E-state index < -0.39 is 12.6 Å². The largest absolute Gasteiger partial charge is 0.389 e. The van der Waals surface area contributed by atoms with E-state index >= 15 is 0 Å². The summed E-state index contributed by atoms with van der Waals surface area (Å²) in [4.78, 5) is 4.08. The molecule has 1 aliphatic carbocycles. The van der Waals surface area contributed by atoms with Gasteiger partial charge in [-0.05, 0) is 25.7 Å². The molecule has 1 saturated carbocycles. The minimum absolute atomic E-state index is 0. The highest BCUT2D eigenvalue weighted by Gasteiger charge is 2.25. The zero-order valence-corrected chi connectivity index (χ0v) is 14.0. The van der Waals surface area contributed by atoms with Gasteiger partial charge in [0.2, 0.25) is 0 Å².